The number of benzene rings is 1. The van der Waals surface area contributed by atoms with Gasteiger partial charge in [-0.15, -0.1) is 0 Å². The van der Waals surface area contributed by atoms with Crippen molar-refractivity contribution in [3.05, 3.63) is 35.9 Å². The zero-order valence-electron chi connectivity index (χ0n) is 11.7. The van der Waals surface area contributed by atoms with E-state index in [0.717, 1.165) is 38.6 Å². The minimum Gasteiger partial charge on any atom is -0.338 e. The van der Waals surface area contributed by atoms with Crippen molar-refractivity contribution >= 4 is 5.91 Å². The van der Waals surface area contributed by atoms with Crippen molar-refractivity contribution in [2.75, 3.05) is 6.54 Å². The van der Waals surface area contributed by atoms with Crippen LogP contribution in [0.1, 0.15) is 38.2 Å². The van der Waals surface area contributed by atoms with Crippen LogP contribution < -0.4 is 5.73 Å². The van der Waals surface area contributed by atoms with E-state index in [0.29, 0.717) is 6.04 Å². The zero-order chi connectivity index (χ0) is 13.7. The van der Waals surface area contributed by atoms with Gasteiger partial charge >= 0.3 is 0 Å². The Labute approximate surface area is 115 Å². The Balaban J connectivity index is 1.80. The van der Waals surface area contributed by atoms with Crippen molar-refractivity contribution in [2.24, 2.45) is 5.73 Å². The summed E-state index contributed by atoms with van der Waals surface area (Å²) in [5, 5.41) is 0. The molecule has 2 rings (SSSR count). The number of aryl methyl sites for hydroxylation is 1. The molecule has 104 valence electrons. The molecule has 3 heteroatoms. The quantitative estimate of drug-likeness (QED) is 0.883. The molecule has 2 atom stereocenters. The third-order valence-electron chi connectivity index (χ3n) is 3.90. The average molecular weight is 260 g/mol. The first kappa shape index (κ1) is 14.1. The second-order valence-corrected chi connectivity index (χ2v) is 5.49. The predicted molar refractivity (Wildman–Crippen MR) is 77.8 cm³/mol. The molecule has 0 saturated carbocycles. The number of hydrogen-bond acceptors (Lipinski definition) is 2. The van der Waals surface area contributed by atoms with Gasteiger partial charge in [0, 0.05) is 12.6 Å². The van der Waals surface area contributed by atoms with Gasteiger partial charge < -0.3 is 10.6 Å². The Bertz CT molecular complexity index is 402. The van der Waals surface area contributed by atoms with E-state index in [1.54, 1.807) is 6.92 Å². The van der Waals surface area contributed by atoms with E-state index in [2.05, 4.69) is 24.3 Å². The number of nitrogens with two attached hydrogens (primary N) is 1. The summed E-state index contributed by atoms with van der Waals surface area (Å²) in [6.45, 7) is 2.66. The van der Waals surface area contributed by atoms with Crippen LogP contribution in [0.3, 0.4) is 0 Å². The molecule has 3 nitrogen and oxygen atoms in total. The van der Waals surface area contributed by atoms with Crippen LogP contribution in [-0.4, -0.2) is 29.4 Å². The van der Waals surface area contributed by atoms with Crippen LogP contribution in [0.4, 0.5) is 0 Å². The summed E-state index contributed by atoms with van der Waals surface area (Å²) in [6, 6.07) is 10.6. The van der Waals surface area contributed by atoms with Crippen LogP contribution in [0.25, 0.3) is 0 Å². The summed E-state index contributed by atoms with van der Waals surface area (Å²) in [4.78, 5) is 14.0. The largest absolute Gasteiger partial charge is 0.338 e. The van der Waals surface area contributed by atoms with Gasteiger partial charge in [-0.2, -0.15) is 0 Å². The zero-order valence-corrected chi connectivity index (χ0v) is 11.7. The summed E-state index contributed by atoms with van der Waals surface area (Å²) < 4.78 is 0. The molecule has 1 aromatic rings. The third-order valence-corrected chi connectivity index (χ3v) is 3.90. The number of amides is 1. The van der Waals surface area contributed by atoms with Crippen LogP contribution in [0.5, 0.6) is 0 Å². The molecular formula is C16H24N2O. The fourth-order valence-corrected chi connectivity index (χ4v) is 2.87. The van der Waals surface area contributed by atoms with Crippen molar-refractivity contribution in [1.29, 1.82) is 0 Å². The van der Waals surface area contributed by atoms with Crippen LogP contribution in [0.2, 0.25) is 0 Å². The van der Waals surface area contributed by atoms with Gasteiger partial charge in [0.15, 0.2) is 0 Å². The standard InChI is InChI=1S/C16H24N2O/c1-13(17)16(19)18-12-6-11-15(18)10-5-9-14-7-3-2-4-8-14/h2-4,7-8,13,15H,5-6,9-12,17H2,1H3/t13-,15-/m0/s1. The summed E-state index contributed by atoms with van der Waals surface area (Å²) in [6.07, 6.45) is 5.57. The van der Waals surface area contributed by atoms with Gasteiger partial charge in [0.2, 0.25) is 5.91 Å². The molecule has 0 unspecified atom stereocenters. The molecule has 19 heavy (non-hydrogen) atoms. The van der Waals surface area contributed by atoms with Gasteiger partial charge in [-0.3, -0.25) is 4.79 Å². The molecule has 1 saturated heterocycles. The normalized spacial score (nSPS) is 20.5. The molecule has 0 radical (unpaired) electrons. The van der Waals surface area contributed by atoms with E-state index >= 15 is 0 Å². The van der Waals surface area contributed by atoms with Crippen molar-refractivity contribution in [3.8, 4) is 0 Å². The van der Waals surface area contributed by atoms with Crippen molar-refractivity contribution in [1.82, 2.24) is 4.90 Å². The summed E-state index contributed by atoms with van der Waals surface area (Å²) in [7, 11) is 0. The SMILES string of the molecule is C[C@H](N)C(=O)N1CCC[C@@H]1CCCc1ccccc1. The molecule has 1 aromatic carbocycles. The third kappa shape index (κ3) is 3.80. The van der Waals surface area contributed by atoms with Gasteiger partial charge in [-0.25, -0.2) is 0 Å². The highest BCUT2D eigenvalue weighted by molar-refractivity contribution is 5.81. The molecular weight excluding hydrogens is 236 g/mol. The first-order valence-corrected chi connectivity index (χ1v) is 7.28. The highest BCUT2D eigenvalue weighted by Gasteiger charge is 2.29. The molecule has 0 bridgehead atoms. The summed E-state index contributed by atoms with van der Waals surface area (Å²) in [5.41, 5.74) is 7.09. The van der Waals surface area contributed by atoms with E-state index in [1.165, 1.54) is 5.56 Å². The highest BCUT2D eigenvalue weighted by atomic mass is 16.2. The van der Waals surface area contributed by atoms with E-state index in [9.17, 15) is 4.79 Å². The summed E-state index contributed by atoms with van der Waals surface area (Å²) in [5.74, 6) is 0.113. The van der Waals surface area contributed by atoms with Gasteiger partial charge in [0.05, 0.1) is 6.04 Å². The lowest BCUT2D eigenvalue weighted by atomic mass is 10.0. The van der Waals surface area contributed by atoms with Crippen LogP contribution >= 0.6 is 0 Å². The second-order valence-electron chi connectivity index (χ2n) is 5.49. The van der Waals surface area contributed by atoms with Crippen molar-refractivity contribution in [3.63, 3.8) is 0 Å². The molecule has 2 N–H and O–H groups in total. The maximum absolute atomic E-state index is 12.0. The lowest BCUT2D eigenvalue weighted by Gasteiger charge is -2.26. The van der Waals surface area contributed by atoms with Crippen molar-refractivity contribution < 1.29 is 4.79 Å². The second kappa shape index (κ2) is 6.71. The number of likely N-dealkylation sites (tertiary alicyclic amines) is 1. The van der Waals surface area contributed by atoms with Gasteiger partial charge in [-0.1, -0.05) is 30.3 Å². The van der Waals surface area contributed by atoms with Crippen LogP contribution in [0.15, 0.2) is 30.3 Å². The minimum atomic E-state index is -0.366. The topological polar surface area (TPSA) is 46.3 Å². The lowest BCUT2D eigenvalue weighted by molar-refractivity contribution is -0.133. The van der Waals surface area contributed by atoms with E-state index in [4.69, 9.17) is 5.73 Å². The first-order valence-electron chi connectivity index (χ1n) is 7.28. The first-order chi connectivity index (χ1) is 9.18. The van der Waals surface area contributed by atoms with Crippen LogP contribution in [0, 0.1) is 0 Å². The fraction of sp³-hybridized carbons (Fsp3) is 0.562. The van der Waals surface area contributed by atoms with E-state index < -0.39 is 0 Å². The molecule has 0 aliphatic carbocycles. The average Bonchev–Trinajstić information content (AvgIpc) is 2.87. The van der Waals surface area contributed by atoms with Gasteiger partial charge in [0.25, 0.3) is 0 Å². The van der Waals surface area contributed by atoms with Gasteiger partial charge in [0.1, 0.15) is 0 Å². The number of rotatable bonds is 5. The number of hydrogen-bond donors (Lipinski definition) is 1. The lowest BCUT2D eigenvalue weighted by Crippen LogP contribution is -2.44. The van der Waals surface area contributed by atoms with E-state index in [1.807, 2.05) is 11.0 Å². The number of nitrogens with zero attached hydrogens (tertiary/aromatic N) is 1. The Morgan fingerprint density at radius 2 is 2.16 bits per heavy atom. The monoisotopic (exact) mass is 260 g/mol. The Hall–Kier alpha value is -1.35. The molecule has 1 amide bonds. The Kier molecular flexibility index (Phi) is 4.97. The van der Waals surface area contributed by atoms with Gasteiger partial charge in [-0.05, 0) is 44.6 Å². The molecule has 1 aliphatic rings. The minimum absolute atomic E-state index is 0.113. The molecule has 1 aliphatic heterocycles. The molecule has 0 spiro atoms. The fourth-order valence-electron chi connectivity index (χ4n) is 2.87. The van der Waals surface area contributed by atoms with E-state index in [-0.39, 0.29) is 11.9 Å². The smallest absolute Gasteiger partial charge is 0.239 e. The predicted octanol–water partition coefficient (Wildman–Crippen LogP) is 2.35. The van der Waals surface area contributed by atoms with Crippen LogP contribution in [-0.2, 0) is 11.2 Å². The Morgan fingerprint density at radius 1 is 1.42 bits per heavy atom. The Morgan fingerprint density at radius 3 is 2.84 bits per heavy atom. The molecule has 1 heterocycles. The molecule has 1 fully saturated rings. The number of carbonyl (C=O) groups is 1. The maximum atomic E-state index is 12.0. The van der Waals surface area contributed by atoms with Crippen molar-refractivity contribution in [2.45, 2.75) is 51.1 Å². The number of carbonyl (C=O) groups excluding carboxylic acids is 1. The maximum Gasteiger partial charge on any atom is 0.239 e. The highest BCUT2D eigenvalue weighted by Crippen LogP contribution is 2.22. The molecule has 0 aromatic heterocycles. The summed E-state index contributed by atoms with van der Waals surface area (Å²) >= 11 is 0.